The van der Waals surface area contributed by atoms with Gasteiger partial charge in [-0.15, -0.1) is 5.10 Å². The number of para-hydroxylation sites is 1. The van der Waals surface area contributed by atoms with Gasteiger partial charge in [-0.25, -0.2) is 5.10 Å². The lowest BCUT2D eigenvalue weighted by atomic mass is 10.0. The van der Waals surface area contributed by atoms with Crippen molar-refractivity contribution in [2.75, 3.05) is 11.9 Å². The van der Waals surface area contributed by atoms with Gasteiger partial charge in [-0.2, -0.15) is 0 Å². The number of H-pyrrole nitrogens is 1. The maximum Gasteiger partial charge on any atom is 0.230 e. The van der Waals surface area contributed by atoms with Crippen molar-refractivity contribution in [3.8, 4) is 5.69 Å². The van der Waals surface area contributed by atoms with Crippen molar-refractivity contribution < 1.29 is 0 Å². The number of nitrogens with one attached hydrogen (secondary N) is 1. The summed E-state index contributed by atoms with van der Waals surface area (Å²) in [5, 5.41) is 7.26. The first-order valence-corrected chi connectivity index (χ1v) is 6.85. The van der Waals surface area contributed by atoms with Gasteiger partial charge in [-0.3, -0.25) is 4.57 Å². The summed E-state index contributed by atoms with van der Waals surface area (Å²) in [6.07, 6.45) is 1.03. The number of anilines is 1. The monoisotopic (exact) mass is 276 g/mol. The zero-order valence-corrected chi connectivity index (χ0v) is 12.7. The van der Waals surface area contributed by atoms with Crippen molar-refractivity contribution in [1.82, 2.24) is 14.8 Å². The first kappa shape index (κ1) is 13.8. The van der Waals surface area contributed by atoms with E-state index in [0.29, 0.717) is 4.77 Å². The van der Waals surface area contributed by atoms with Gasteiger partial charge >= 0.3 is 0 Å². The highest BCUT2D eigenvalue weighted by Crippen LogP contribution is 2.25. The summed E-state index contributed by atoms with van der Waals surface area (Å²) in [5.74, 6) is 0.836. The van der Waals surface area contributed by atoms with Crippen LogP contribution in [0.1, 0.15) is 27.2 Å². The van der Waals surface area contributed by atoms with Gasteiger partial charge in [0.15, 0.2) is 0 Å². The van der Waals surface area contributed by atoms with E-state index < -0.39 is 0 Å². The van der Waals surface area contributed by atoms with Crippen LogP contribution in [-0.2, 0) is 0 Å². The number of aromatic amines is 1. The predicted molar refractivity (Wildman–Crippen MR) is 81.5 cm³/mol. The van der Waals surface area contributed by atoms with Gasteiger partial charge in [0.05, 0.1) is 5.69 Å². The van der Waals surface area contributed by atoms with E-state index in [-0.39, 0.29) is 5.54 Å². The lowest BCUT2D eigenvalue weighted by molar-refractivity contribution is 0.461. The van der Waals surface area contributed by atoms with Crippen LogP contribution in [0.4, 0.5) is 5.95 Å². The van der Waals surface area contributed by atoms with Gasteiger partial charge in [0, 0.05) is 12.6 Å². The predicted octanol–water partition coefficient (Wildman–Crippen LogP) is 3.55. The van der Waals surface area contributed by atoms with Crippen molar-refractivity contribution in [1.29, 1.82) is 0 Å². The number of rotatable bonds is 4. The molecule has 0 atom stereocenters. The average molecular weight is 276 g/mol. The summed E-state index contributed by atoms with van der Waals surface area (Å²) in [4.78, 5) is 2.16. The van der Waals surface area contributed by atoms with Crippen LogP contribution in [0.25, 0.3) is 5.69 Å². The molecule has 0 aliphatic heterocycles. The van der Waals surface area contributed by atoms with Gasteiger partial charge in [0.1, 0.15) is 0 Å². The quantitative estimate of drug-likeness (QED) is 0.868. The number of aromatic nitrogens is 3. The Kier molecular flexibility index (Phi) is 3.75. The molecule has 0 bridgehead atoms. The number of nitrogens with zero attached hydrogens (tertiary/aromatic N) is 3. The third kappa shape index (κ3) is 2.56. The van der Waals surface area contributed by atoms with Crippen LogP contribution >= 0.6 is 12.2 Å². The molecule has 0 radical (unpaired) electrons. The fourth-order valence-corrected chi connectivity index (χ4v) is 2.06. The normalized spacial score (nSPS) is 11.6. The van der Waals surface area contributed by atoms with Crippen molar-refractivity contribution >= 4 is 18.2 Å². The summed E-state index contributed by atoms with van der Waals surface area (Å²) in [6.45, 7) is 6.56. The summed E-state index contributed by atoms with van der Waals surface area (Å²) in [5.41, 5.74) is 1.04. The van der Waals surface area contributed by atoms with Crippen LogP contribution in [0.2, 0.25) is 0 Å². The van der Waals surface area contributed by atoms with Crippen LogP contribution in [0.3, 0.4) is 0 Å². The summed E-state index contributed by atoms with van der Waals surface area (Å²) in [6, 6.07) is 10.0. The zero-order chi connectivity index (χ0) is 14.0. The smallest absolute Gasteiger partial charge is 0.230 e. The van der Waals surface area contributed by atoms with Crippen molar-refractivity contribution in [2.45, 2.75) is 32.7 Å². The van der Waals surface area contributed by atoms with Crippen molar-refractivity contribution in [3.63, 3.8) is 0 Å². The molecule has 5 heteroatoms. The van der Waals surface area contributed by atoms with Gasteiger partial charge in [0.25, 0.3) is 0 Å². The van der Waals surface area contributed by atoms with E-state index in [1.807, 2.05) is 41.9 Å². The molecule has 1 heterocycles. The molecule has 1 aromatic carbocycles. The third-order valence-corrected chi connectivity index (χ3v) is 4.02. The molecule has 0 amide bonds. The van der Waals surface area contributed by atoms with Crippen molar-refractivity contribution in [2.24, 2.45) is 0 Å². The molecule has 0 saturated heterocycles. The van der Waals surface area contributed by atoms with Gasteiger partial charge in [-0.05, 0) is 44.6 Å². The zero-order valence-electron chi connectivity index (χ0n) is 11.8. The minimum absolute atomic E-state index is 0.0213. The van der Waals surface area contributed by atoms with Gasteiger partial charge < -0.3 is 4.90 Å². The second kappa shape index (κ2) is 5.17. The molecule has 0 fully saturated rings. The molecule has 19 heavy (non-hydrogen) atoms. The summed E-state index contributed by atoms with van der Waals surface area (Å²) in [7, 11) is 2.05. The summed E-state index contributed by atoms with van der Waals surface area (Å²) < 4.78 is 2.58. The Morgan fingerprint density at radius 2 is 1.95 bits per heavy atom. The number of hydrogen-bond acceptors (Lipinski definition) is 3. The minimum Gasteiger partial charge on any atom is -0.339 e. The molecule has 2 rings (SSSR count). The largest absolute Gasteiger partial charge is 0.339 e. The Hall–Kier alpha value is -1.62. The van der Waals surface area contributed by atoms with Crippen molar-refractivity contribution in [3.05, 3.63) is 35.1 Å². The third-order valence-electron chi connectivity index (χ3n) is 3.74. The van der Waals surface area contributed by atoms with Crippen LogP contribution in [0, 0.1) is 4.77 Å². The second-order valence-corrected chi connectivity index (χ2v) is 5.61. The average Bonchev–Trinajstić information content (AvgIpc) is 2.80. The molecule has 4 nitrogen and oxygen atoms in total. The van der Waals surface area contributed by atoms with E-state index in [4.69, 9.17) is 12.2 Å². The Balaban J connectivity index is 2.53. The first-order chi connectivity index (χ1) is 8.97. The van der Waals surface area contributed by atoms with E-state index in [1.54, 1.807) is 0 Å². The fraction of sp³-hybridized carbons (Fsp3) is 0.429. The van der Waals surface area contributed by atoms with Gasteiger partial charge in [0.2, 0.25) is 10.7 Å². The van der Waals surface area contributed by atoms with Crippen LogP contribution in [0.5, 0.6) is 0 Å². The highest BCUT2D eigenvalue weighted by Gasteiger charge is 2.25. The Morgan fingerprint density at radius 1 is 1.32 bits per heavy atom. The molecular weight excluding hydrogens is 256 g/mol. The van der Waals surface area contributed by atoms with Crippen LogP contribution in [0.15, 0.2) is 30.3 Å². The molecule has 2 aromatic rings. The Morgan fingerprint density at radius 3 is 2.53 bits per heavy atom. The number of benzene rings is 1. The number of hydrogen-bond donors (Lipinski definition) is 1. The fourth-order valence-electron chi connectivity index (χ4n) is 1.83. The van der Waals surface area contributed by atoms with E-state index >= 15 is 0 Å². The molecule has 0 saturated carbocycles. The maximum atomic E-state index is 5.35. The standard InChI is InChI=1S/C14H20N4S/c1-5-14(2,3)17(4)12-15-16-13(19)18(12)11-9-7-6-8-10-11/h6-10H,5H2,1-4H3,(H,16,19). The van der Waals surface area contributed by atoms with Crippen LogP contribution < -0.4 is 4.90 Å². The minimum atomic E-state index is 0.0213. The molecule has 0 aliphatic carbocycles. The van der Waals surface area contributed by atoms with Crippen LogP contribution in [-0.4, -0.2) is 27.4 Å². The Bertz CT molecular complexity index is 597. The lowest BCUT2D eigenvalue weighted by Crippen LogP contribution is -2.42. The Labute approximate surface area is 119 Å². The first-order valence-electron chi connectivity index (χ1n) is 6.44. The molecule has 102 valence electrons. The molecule has 1 N–H and O–H groups in total. The molecule has 0 spiro atoms. The maximum absolute atomic E-state index is 5.35. The highest BCUT2D eigenvalue weighted by molar-refractivity contribution is 7.71. The molecule has 0 unspecified atom stereocenters. The highest BCUT2D eigenvalue weighted by atomic mass is 32.1. The van der Waals surface area contributed by atoms with E-state index in [9.17, 15) is 0 Å². The van der Waals surface area contributed by atoms with Gasteiger partial charge in [-0.1, -0.05) is 25.1 Å². The van der Waals surface area contributed by atoms with E-state index in [1.165, 1.54) is 0 Å². The topological polar surface area (TPSA) is 36.9 Å². The molecule has 0 aliphatic rings. The van der Waals surface area contributed by atoms with E-state index in [0.717, 1.165) is 18.1 Å². The second-order valence-electron chi connectivity index (χ2n) is 5.22. The SMILES string of the molecule is CCC(C)(C)N(C)c1n[nH]c(=S)n1-c1ccccc1. The lowest BCUT2D eigenvalue weighted by Gasteiger charge is -2.35. The molecular formula is C14H20N4S. The summed E-state index contributed by atoms with van der Waals surface area (Å²) >= 11 is 5.35. The molecule has 1 aromatic heterocycles. The van der Waals surface area contributed by atoms with E-state index in [2.05, 4.69) is 35.9 Å².